The zero-order valence-corrected chi connectivity index (χ0v) is 10.7. The van der Waals surface area contributed by atoms with Gasteiger partial charge in [0.2, 0.25) is 0 Å². The van der Waals surface area contributed by atoms with Crippen molar-refractivity contribution in [2.75, 3.05) is 13.6 Å². The lowest BCUT2D eigenvalue weighted by atomic mass is 10.1. The first kappa shape index (κ1) is 12.8. The molecule has 2 rings (SSSR count). The maximum atomic E-state index is 12.9. The molecular weight excluding hydrogens is 231 g/mol. The van der Waals surface area contributed by atoms with E-state index in [0.29, 0.717) is 6.54 Å². The predicted molar refractivity (Wildman–Crippen MR) is 68.5 cm³/mol. The van der Waals surface area contributed by atoms with Gasteiger partial charge in [-0.25, -0.2) is 4.39 Å². The van der Waals surface area contributed by atoms with Crippen LogP contribution in [0.4, 0.5) is 4.39 Å². The van der Waals surface area contributed by atoms with E-state index in [1.807, 2.05) is 7.05 Å². The molecule has 0 aliphatic carbocycles. The second-order valence-corrected chi connectivity index (χ2v) is 4.41. The Morgan fingerprint density at radius 2 is 2.00 bits per heavy atom. The van der Waals surface area contributed by atoms with E-state index in [1.165, 1.54) is 12.1 Å². The molecule has 0 atom stereocenters. The Labute approximate surface area is 106 Å². The molecule has 0 N–H and O–H groups in total. The lowest BCUT2D eigenvalue weighted by molar-refractivity contribution is 0.273. The SMILES string of the molecule is CCCN(C)Cc1oncc1-c1ccc(F)cc1. The molecule has 1 heterocycles. The van der Waals surface area contributed by atoms with Crippen LogP contribution in [0.15, 0.2) is 35.0 Å². The average molecular weight is 248 g/mol. The number of rotatable bonds is 5. The van der Waals surface area contributed by atoms with Gasteiger partial charge >= 0.3 is 0 Å². The Kier molecular flexibility index (Phi) is 4.10. The molecule has 3 nitrogen and oxygen atoms in total. The monoisotopic (exact) mass is 248 g/mol. The highest BCUT2D eigenvalue weighted by molar-refractivity contribution is 5.64. The first-order chi connectivity index (χ1) is 8.70. The van der Waals surface area contributed by atoms with Crippen molar-refractivity contribution >= 4 is 0 Å². The van der Waals surface area contributed by atoms with Crippen molar-refractivity contribution in [3.8, 4) is 11.1 Å². The summed E-state index contributed by atoms with van der Waals surface area (Å²) in [6.07, 6.45) is 2.78. The normalized spacial score (nSPS) is 11.1. The summed E-state index contributed by atoms with van der Waals surface area (Å²) in [5.41, 5.74) is 1.86. The van der Waals surface area contributed by atoms with Gasteiger partial charge in [0.1, 0.15) is 5.82 Å². The van der Waals surface area contributed by atoms with Crippen molar-refractivity contribution in [2.24, 2.45) is 0 Å². The van der Waals surface area contributed by atoms with Gasteiger partial charge < -0.3 is 4.52 Å². The summed E-state index contributed by atoms with van der Waals surface area (Å²) < 4.78 is 18.2. The number of hydrogen-bond acceptors (Lipinski definition) is 3. The third kappa shape index (κ3) is 2.96. The highest BCUT2D eigenvalue weighted by Crippen LogP contribution is 2.24. The molecule has 18 heavy (non-hydrogen) atoms. The molecule has 0 bridgehead atoms. The van der Waals surface area contributed by atoms with Crippen molar-refractivity contribution < 1.29 is 8.91 Å². The molecule has 0 fully saturated rings. The van der Waals surface area contributed by atoms with E-state index in [2.05, 4.69) is 17.0 Å². The minimum Gasteiger partial charge on any atom is -0.359 e. The van der Waals surface area contributed by atoms with Gasteiger partial charge in [-0.2, -0.15) is 0 Å². The first-order valence-electron chi connectivity index (χ1n) is 6.08. The van der Waals surface area contributed by atoms with E-state index in [1.54, 1.807) is 18.3 Å². The third-order valence-corrected chi connectivity index (χ3v) is 2.82. The average Bonchev–Trinajstić information content (AvgIpc) is 2.78. The summed E-state index contributed by atoms with van der Waals surface area (Å²) in [4.78, 5) is 2.17. The molecule has 96 valence electrons. The molecule has 1 aromatic heterocycles. The van der Waals surface area contributed by atoms with Crippen LogP contribution >= 0.6 is 0 Å². The van der Waals surface area contributed by atoms with Gasteiger partial charge in [0.25, 0.3) is 0 Å². The summed E-state index contributed by atoms with van der Waals surface area (Å²) in [7, 11) is 2.04. The minimum atomic E-state index is -0.236. The fourth-order valence-electron chi connectivity index (χ4n) is 1.95. The Morgan fingerprint density at radius 3 is 2.67 bits per heavy atom. The Hall–Kier alpha value is -1.68. The maximum Gasteiger partial charge on any atom is 0.158 e. The third-order valence-electron chi connectivity index (χ3n) is 2.82. The van der Waals surface area contributed by atoms with E-state index < -0.39 is 0 Å². The summed E-state index contributed by atoms with van der Waals surface area (Å²) in [5.74, 6) is 0.581. The molecule has 0 unspecified atom stereocenters. The summed E-state index contributed by atoms with van der Waals surface area (Å²) >= 11 is 0. The first-order valence-corrected chi connectivity index (χ1v) is 6.08. The van der Waals surface area contributed by atoms with E-state index in [4.69, 9.17) is 4.52 Å². The number of halogens is 1. The molecule has 0 amide bonds. The quantitative estimate of drug-likeness (QED) is 0.812. The fourth-order valence-corrected chi connectivity index (χ4v) is 1.95. The lowest BCUT2D eigenvalue weighted by Crippen LogP contribution is -2.18. The molecule has 0 saturated heterocycles. The van der Waals surface area contributed by atoms with Crippen LogP contribution in [-0.4, -0.2) is 23.6 Å². The standard InChI is InChI=1S/C14H17FN2O/c1-3-8-17(2)10-14-13(9-16-18-14)11-4-6-12(15)7-5-11/h4-7,9H,3,8,10H2,1-2H3. The highest BCUT2D eigenvalue weighted by atomic mass is 19.1. The Balaban J connectivity index is 2.19. The van der Waals surface area contributed by atoms with Crippen molar-refractivity contribution in [2.45, 2.75) is 19.9 Å². The van der Waals surface area contributed by atoms with Crippen LogP contribution < -0.4 is 0 Å². The van der Waals surface area contributed by atoms with Crippen LogP contribution in [0.5, 0.6) is 0 Å². The molecule has 0 radical (unpaired) electrons. The van der Waals surface area contributed by atoms with Crippen molar-refractivity contribution in [3.05, 3.63) is 42.0 Å². The smallest absolute Gasteiger partial charge is 0.158 e. The molecular formula is C14H17FN2O. The highest BCUT2D eigenvalue weighted by Gasteiger charge is 2.12. The second-order valence-electron chi connectivity index (χ2n) is 4.41. The number of aromatic nitrogens is 1. The van der Waals surface area contributed by atoms with Crippen LogP contribution in [0.25, 0.3) is 11.1 Å². The van der Waals surface area contributed by atoms with E-state index in [-0.39, 0.29) is 5.82 Å². The Bertz CT molecular complexity index is 493. The predicted octanol–water partition coefficient (Wildman–Crippen LogP) is 3.32. The lowest BCUT2D eigenvalue weighted by Gasteiger charge is -2.13. The van der Waals surface area contributed by atoms with E-state index in [0.717, 1.165) is 29.9 Å². The fraction of sp³-hybridized carbons (Fsp3) is 0.357. The van der Waals surface area contributed by atoms with Gasteiger partial charge in [-0.05, 0) is 37.7 Å². The van der Waals surface area contributed by atoms with Crippen LogP contribution in [0.1, 0.15) is 19.1 Å². The molecule has 4 heteroatoms. The zero-order valence-electron chi connectivity index (χ0n) is 10.7. The molecule has 1 aromatic carbocycles. The van der Waals surface area contributed by atoms with E-state index >= 15 is 0 Å². The summed E-state index contributed by atoms with van der Waals surface area (Å²) in [6.45, 7) is 3.85. The number of benzene rings is 1. The summed E-state index contributed by atoms with van der Waals surface area (Å²) in [5, 5.41) is 3.84. The van der Waals surface area contributed by atoms with Gasteiger partial charge in [-0.1, -0.05) is 24.2 Å². The van der Waals surface area contributed by atoms with Crippen molar-refractivity contribution in [1.82, 2.24) is 10.1 Å². The number of nitrogens with zero attached hydrogens (tertiary/aromatic N) is 2. The molecule has 0 spiro atoms. The molecule has 0 aliphatic heterocycles. The van der Waals surface area contributed by atoms with E-state index in [9.17, 15) is 4.39 Å². The molecule has 0 aliphatic rings. The summed E-state index contributed by atoms with van der Waals surface area (Å²) in [6, 6.07) is 6.38. The van der Waals surface area contributed by atoms with Gasteiger partial charge in [0.05, 0.1) is 12.7 Å². The largest absolute Gasteiger partial charge is 0.359 e. The topological polar surface area (TPSA) is 29.3 Å². The second kappa shape index (κ2) is 5.78. The van der Waals surface area contributed by atoms with Gasteiger partial charge in [0, 0.05) is 5.56 Å². The van der Waals surface area contributed by atoms with Crippen LogP contribution in [0, 0.1) is 5.82 Å². The maximum absolute atomic E-state index is 12.9. The minimum absolute atomic E-state index is 0.236. The van der Waals surface area contributed by atoms with Gasteiger partial charge in [-0.3, -0.25) is 4.90 Å². The van der Waals surface area contributed by atoms with Gasteiger partial charge in [-0.15, -0.1) is 0 Å². The van der Waals surface area contributed by atoms with Crippen molar-refractivity contribution in [3.63, 3.8) is 0 Å². The van der Waals surface area contributed by atoms with Crippen LogP contribution in [0.3, 0.4) is 0 Å². The Morgan fingerprint density at radius 1 is 1.28 bits per heavy atom. The van der Waals surface area contributed by atoms with Gasteiger partial charge in [0.15, 0.2) is 5.76 Å². The van der Waals surface area contributed by atoms with Crippen LogP contribution in [-0.2, 0) is 6.54 Å². The van der Waals surface area contributed by atoms with Crippen molar-refractivity contribution in [1.29, 1.82) is 0 Å². The molecule has 0 saturated carbocycles. The molecule has 2 aromatic rings. The zero-order chi connectivity index (χ0) is 13.0. The number of hydrogen-bond donors (Lipinski definition) is 0. The van der Waals surface area contributed by atoms with Crippen LogP contribution in [0.2, 0.25) is 0 Å².